The topological polar surface area (TPSA) is 66.3 Å². The summed E-state index contributed by atoms with van der Waals surface area (Å²) in [5.74, 6) is -0.186. The molecular weight excluding hydrogens is 314 g/mol. The van der Waals surface area contributed by atoms with Crippen molar-refractivity contribution in [3.05, 3.63) is 57.9 Å². The molecule has 0 spiro atoms. The number of amides is 1. The molecular formula is C17H20ClN3O2. The van der Waals surface area contributed by atoms with Gasteiger partial charge in [0.1, 0.15) is 0 Å². The number of hydrogen-bond donors (Lipinski definition) is 1. The second-order valence-corrected chi connectivity index (χ2v) is 5.80. The van der Waals surface area contributed by atoms with Crippen molar-refractivity contribution in [2.75, 3.05) is 13.7 Å². The van der Waals surface area contributed by atoms with E-state index in [0.29, 0.717) is 28.4 Å². The lowest BCUT2D eigenvalue weighted by molar-refractivity contribution is 0.0656. The summed E-state index contributed by atoms with van der Waals surface area (Å²) in [5, 5.41) is 18.4. The average molecular weight is 334 g/mol. The van der Waals surface area contributed by atoms with E-state index in [1.54, 1.807) is 32.2 Å². The van der Waals surface area contributed by atoms with Crippen LogP contribution in [0.5, 0.6) is 0 Å². The van der Waals surface area contributed by atoms with E-state index in [4.69, 9.17) is 11.6 Å². The third-order valence-corrected chi connectivity index (χ3v) is 4.03. The Hall–Kier alpha value is -1.98. The lowest BCUT2D eigenvalue weighted by atomic mass is 10.0. The SMILES string of the molecule is CCc1nnc(C)cc1C(=O)N(C)C(CO)c1ccc(Cl)cc1. The molecule has 0 aliphatic carbocycles. The van der Waals surface area contributed by atoms with Gasteiger partial charge in [0.2, 0.25) is 0 Å². The fourth-order valence-corrected chi connectivity index (χ4v) is 2.55. The Labute approximate surface area is 140 Å². The molecule has 122 valence electrons. The number of aliphatic hydroxyl groups is 1. The molecule has 2 aromatic rings. The van der Waals surface area contributed by atoms with Crippen molar-refractivity contribution in [2.24, 2.45) is 0 Å². The van der Waals surface area contributed by atoms with E-state index in [1.807, 2.05) is 19.1 Å². The third kappa shape index (κ3) is 3.86. The van der Waals surface area contributed by atoms with E-state index in [0.717, 1.165) is 5.56 Å². The maximum atomic E-state index is 12.8. The van der Waals surface area contributed by atoms with Crippen LogP contribution in [0.1, 0.15) is 40.3 Å². The van der Waals surface area contributed by atoms with E-state index in [1.165, 1.54) is 4.90 Å². The second kappa shape index (κ2) is 7.53. The van der Waals surface area contributed by atoms with E-state index < -0.39 is 6.04 Å². The largest absolute Gasteiger partial charge is 0.394 e. The highest BCUT2D eigenvalue weighted by molar-refractivity contribution is 6.30. The van der Waals surface area contributed by atoms with Crippen molar-refractivity contribution in [1.82, 2.24) is 15.1 Å². The first-order valence-electron chi connectivity index (χ1n) is 7.44. The van der Waals surface area contributed by atoms with Crippen molar-refractivity contribution in [2.45, 2.75) is 26.3 Å². The molecule has 1 aromatic carbocycles. The highest BCUT2D eigenvalue weighted by atomic mass is 35.5. The van der Waals surface area contributed by atoms with E-state index >= 15 is 0 Å². The van der Waals surface area contributed by atoms with Crippen LogP contribution in [0.2, 0.25) is 5.02 Å². The first kappa shape index (κ1) is 17.4. The Kier molecular flexibility index (Phi) is 5.69. The molecule has 0 saturated heterocycles. The summed E-state index contributed by atoms with van der Waals surface area (Å²) in [6.45, 7) is 3.55. The van der Waals surface area contributed by atoms with E-state index in [-0.39, 0.29) is 12.5 Å². The zero-order valence-electron chi connectivity index (χ0n) is 13.5. The predicted octanol–water partition coefficient (Wildman–Crippen LogP) is 2.81. The zero-order chi connectivity index (χ0) is 17.0. The van der Waals surface area contributed by atoms with Gasteiger partial charge >= 0.3 is 0 Å². The van der Waals surface area contributed by atoms with Crippen LogP contribution in [0.15, 0.2) is 30.3 Å². The smallest absolute Gasteiger partial charge is 0.256 e. The number of carbonyl (C=O) groups is 1. The lowest BCUT2D eigenvalue weighted by Gasteiger charge is -2.27. The number of likely N-dealkylation sites (N-methyl/N-ethyl adjacent to an activating group) is 1. The zero-order valence-corrected chi connectivity index (χ0v) is 14.2. The van der Waals surface area contributed by atoms with Crippen LogP contribution in [0.25, 0.3) is 0 Å². The molecule has 2 rings (SSSR count). The van der Waals surface area contributed by atoms with Gasteiger partial charge in [-0.25, -0.2) is 0 Å². The second-order valence-electron chi connectivity index (χ2n) is 5.37. The van der Waals surface area contributed by atoms with Crippen LogP contribution >= 0.6 is 11.6 Å². The number of aromatic nitrogens is 2. The minimum Gasteiger partial charge on any atom is -0.394 e. The molecule has 1 heterocycles. The van der Waals surface area contributed by atoms with Crippen LogP contribution < -0.4 is 0 Å². The van der Waals surface area contributed by atoms with Gasteiger partial charge < -0.3 is 10.0 Å². The van der Waals surface area contributed by atoms with Gasteiger partial charge in [0.05, 0.1) is 29.6 Å². The number of nitrogens with zero attached hydrogens (tertiary/aromatic N) is 3. The summed E-state index contributed by atoms with van der Waals surface area (Å²) in [7, 11) is 1.67. The summed E-state index contributed by atoms with van der Waals surface area (Å²) in [4.78, 5) is 14.4. The number of aryl methyl sites for hydroxylation is 2. The molecule has 1 amide bonds. The number of halogens is 1. The molecule has 0 aliphatic rings. The summed E-state index contributed by atoms with van der Waals surface area (Å²) in [6, 6.07) is 8.40. The molecule has 5 nitrogen and oxygen atoms in total. The Balaban J connectivity index is 2.33. The number of carbonyl (C=O) groups excluding carboxylic acids is 1. The van der Waals surface area contributed by atoms with Gasteiger partial charge in [-0.3, -0.25) is 4.79 Å². The van der Waals surface area contributed by atoms with Gasteiger partial charge in [0, 0.05) is 12.1 Å². The minimum absolute atomic E-state index is 0.178. The van der Waals surface area contributed by atoms with Crippen molar-refractivity contribution in [3.8, 4) is 0 Å². The molecule has 1 atom stereocenters. The third-order valence-electron chi connectivity index (χ3n) is 3.77. The lowest BCUT2D eigenvalue weighted by Crippen LogP contribution is -2.34. The predicted molar refractivity (Wildman–Crippen MR) is 89.5 cm³/mol. The number of benzene rings is 1. The summed E-state index contributed by atoms with van der Waals surface area (Å²) in [5.41, 5.74) is 2.69. The molecule has 0 radical (unpaired) electrons. The molecule has 6 heteroatoms. The first-order chi connectivity index (χ1) is 11.0. The Morgan fingerprint density at radius 2 is 1.96 bits per heavy atom. The molecule has 1 aromatic heterocycles. The van der Waals surface area contributed by atoms with Gasteiger partial charge in [-0.1, -0.05) is 30.7 Å². The highest BCUT2D eigenvalue weighted by Crippen LogP contribution is 2.23. The Morgan fingerprint density at radius 3 is 2.52 bits per heavy atom. The van der Waals surface area contributed by atoms with E-state index in [2.05, 4.69) is 10.2 Å². The monoisotopic (exact) mass is 333 g/mol. The Bertz CT molecular complexity index is 689. The molecule has 1 unspecified atom stereocenters. The average Bonchev–Trinajstić information content (AvgIpc) is 2.56. The van der Waals surface area contributed by atoms with E-state index in [9.17, 15) is 9.90 Å². The number of rotatable bonds is 5. The molecule has 1 N–H and O–H groups in total. The Morgan fingerprint density at radius 1 is 1.30 bits per heavy atom. The molecule has 0 aliphatic heterocycles. The molecule has 0 fully saturated rings. The fraction of sp³-hybridized carbons (Fsp3) is 0.353. The van der Waals surface area contributed by atoms with Crippen LogP contribution in [-0.4, -0.2) is 39.8 Å². The minimum atomic E-state index is -0.446. The van der Waals surface area contributed by atoms with Gasteiger partial charge in [0.25, 0.3) is 5.91 Å². The highest BCUT2D eigenvalue weighted by Gasteiger charge is 2.24. The maximum Gasteiger partial charge on any atom is 0.256 e. The van der Waals surface area contributed by atoms with Crippen molar-refractivity contribution < 1.29 is 9.90 Å². The van der Waals surface area contributed by atoms with Crippen LogP contribution in [0.3, 0.4) is 0 Å². The summed E-state index contributed by atoms with van der Waals surface area (Å²) in [6.07, 6.45) is 0.618. The number of hydrogen-bond acceptors (Lipinski definition) is 4. The molecule has 0 saturated carbocycles. The summed E-state index contributed by atoms with van der Waals surface area (Å²) < 4.78 is 0. The van der Waals surface area contributed by atoms with Gasteiger partial charge in [-0.15, -0.1) is 0 Å². The van der Waals surface area contributed by atoms with Crippen molar-refractivity contribution >= 4 is 17.5 Å². The standard InChI is InChI=1S/C17H20ClN3O2/c1-4-15-14(9-11(2)19-20-15)17(23)21(3)16(10-22)12-5-7-13(18)8-6-12/h5-9,16,22H,4,10H2,1-3H3. The normalized spacial score (nSPS) is 12.0. The fourth-order valence-electron chi connectivity index (χ4n) is 2.43. The molecule has 0 bridgehead atoms. The quantitative estimate of drug-likeness (QED) is 0.913. The van der Waals surface area contributed by atoms with Crippen molar-refractivity contribution in [1.29, 1.82) is 0 Å². The van der Waals surface area contributed by atoms with Crippen LogP contribution in [0.4, 0.5) is 0 Å². The maximum absolute atomic E-state index is 12.8. The van der Waals surface area contributed by atoms with Gasteiger partial charge in [0.15, 0.2) is 0 Å². The van der Waals surface area contributed by atoms with Gasteiger partial charge in [-0.05, 0) is 37.1 Å². The van der Waals surface area contributed by atoms with Crippen LogP contribution in [0, 0.1) is 6.92 Å². The molecule has 23 heavy (non-hydrogen) atoms. The van der Waals surface area contributed by atoms with Crippen molar-refractivity contribution in [3.63, 3.8) is 0 Å². The first-order valence-corrected chi connectivity index (χ1v) is 7.82. The van der Waals surface area contributed by atoms with Crippen LogP contribution in [-0.2, 0) is 6.42 Å². The summed E-state index contributed by atoms with van der Waals surface area (Å²) >= 11 is 5.90. The number of aliphatic hydroxyl groups excluding tert-OH is 1. The van der Waals surface area contributed by atoms with Gasteiger partial charge in [-0.2, -0.15) is 10.2 Å².